The van der Waals surface area contributed by atoms with E-state index in [0.717, 1.165) is 38.5 Å². The van der Waals surface area contributed by atoms with E-state index in [1.54, 1.807) is 47.1 Å². The predicted molar refractivity (Wildman–Crippen MR) is 244 cm³/mol. The summed E-state index contributed by atoms with van der Waals surface area (Å²) >= 11 is 0. The van der Waals surface area contributed by atoms with Crippen molar-refractivity contribution >= 4 is 44.4 Å². The zero-order chi connectivity index (χ0) is 45.9. The zero-order valence-corrected chi connectivity index (χ0v) is 34.4. The number of hydrogen-bond acceptors (Lipinski definition) is 6. The maximum atomic E-state index is 15.2. The molecule has 0 unspecified atom stereocenters. The van der Waals surface area contributed by atoms with Crippen LogP contribution in [0.2, 0.25) is 0 Å². The van der Waals surface area contributed by atoms with Crippen LogP contribution < -0.4 is 10.6 Å². The minimum atomic E-state index is -4.90. The Hall–Kier alpha value is -9.65. The van der Waals surface area contributed by atoms with E-state index in [4.69, 9.17) is 0 Å². The molecule has 0 spiro atoms. The van der Waals surface area contributed by atoms with E-state index in [1.807, 2.05) is 83.5 Å². The van der Waals surface area contributed by atoms with Crippen LogP contribution in [-0.2, 0) is 12.6 Å². The van der Waals surface area contributed by atoms with E-state index in [9.17, 15) is 31.6 Å². The summed E-state index contributed by atoms with van der Waals surface area (Å²) < 4.78 is 49.4. The van der Waals surface area contributed by atoms with Crippen molar-refractivity contribution in [1.82, 2.24) is 9.13 Å². The van der Waals surface area contributed by atoms with E-state index in [1.165, 1.54) is 18.2 Å². The molecule has 0 fully saturated rings. The Morgan fingerprint density at radius 3 is 2.08 bits per heavy atom. The van der Waals surface area contributed by atoms with Crippen LogP contribution in [0.15, 0.2) is 145 Å². The molecule has 0 N–H and O–H groups in total. The van der Waals surface area contributed by atoms with Gasteiger partial charge in [-0.2, -0.15) is 44.7 Å². The monoisotopic (exact) mass is 856 g/mol. The smallest absolute Gasteiger partial charge is 0.308 e. The highest BCUT2D eigenvalue weighted by Gasteiger charge is 2.37. The molecular weight excluding hydrogens is 830 g/mol. The molecule has 2 aliphatic rings. The number of para-hydroxylation sites is 1. The molecule has 308 valence electrons. The van der Waals surface area contributed by atoms with Gasteiger partial charge in [-0.3, -0.25) is 0 Å². The molecule has 8 nitrogen and oxygen atoms in total. The number of hydrogen-bond donors (Lipinski definition) is 0. The average molecular weight is 857 g/mol. The van der Waals surface area contributed by atoms with Crippen molar-refractivity contribution in [2.24, 2.45) is 0 Å². The van der Waals surface area contributed by atoms with Crippen LogP contribution in [0.4, 0.5) is 13.2 Å². The molecule has 0 atom stereocenters. The molecule has 0 bridgehead atoms. The van der Waals surface area contributed by atoms with E-state index in [0.29, 0.717) is 56.3 Å². The Bertz CT molecular complexity index is 3970. The maximum Gasteiger partial charge on any atom is 0.417 e. The van der Waals surface area contributed by atoms with Gasteiger partial charge in [-0.1, -0.05) is 66.7 Å². The van der Waals surface area contributed by atoms with Gasteiger partial charge in [0.2, 0.25) is 0 Å². The van der Waals surface area contributed by atoms with Crippen LogP contribution in [0.5, 0.6) is 0 Å². The summed E-state index contributed by atoms with van der Waals surface area (Å²) in [6, 6.07) is 43.1. The Balaban J connectivity index is 1.38. The third kappa shape index (κ3) is 6.41. The summed E-state index contributed by atoms with van der Waals surface area (Å²) in [5.74, 6) is 0. The Morgan fingerprint density at radius 2 is 1.35 bits per heavy atom. The molecule has 66 heavy (non-hydrogen) atoms. The lowest BCUT2D eigenvalue weighted by molar-refractivity contribution is -0.137. The summed E-state index contributed by atoms with van der Waals surface area (Å²) in [7, 11) is 0. The first-order valence-corrected chi connectivity index (χ1v) is 20.5. The minimum Gasteiger partial charge on any atom is -0.308 e. The van der Waals surface area contributed by atoms with Crippen molar-refractivity contribution in [1.29, 1.82) is 31.6 Å². The number of nitrogens with zero attached hydrogens (tertiary/aromatic N) is 8. The quantitative estimate of drug-likeness (QED) is 0.172. The van der Waals surface area contributed by atoms with Gasteiger partial charge in [-0.25, -0.2) is 0 Å². The van der Waals surface area contributed by atoms with E-state index in [2.05, 4.69) is 30.3 Å². The number of benzene rings is 6. The zero-order valence-electron chi connectivity index (χ0n) is 34.4. The molecule has 8 aromatic rings. The van der Waals surface area contributed by atoms with Crippen LogP contribution in [0, 0.1) is 68.0 Å². The number of halogens is 3. The molecule has 11 heteroatoms. The summed E-state index contributed by atoms with van der Waals surface area (Å²) in [5, 5.41) is 65.2. The van der Waals surface area contributed by atoms with Gasteiger partial charge in [-0.15, -0.1) is 0 Å². The maximum absolute atomic E-state index is 15.2. The summed E-state index contributed by atoms with van der Waals surface area (Å²) in [4.78, 5) is 0. The fraction of sp³-hybridized carbons (Fsp3) is 0.0545. The fourth-order valence-corrected chi connectivity index (χ4v) is 9.41. The second-order valence-corrected chi connectivity index (χ2v) is 15.8. The minimum absolute atomic E-state index is 0.0104. The van der Waals surface area contributed by atoms with E-state index >= 15 is 13.2 Å². The second kappa shape index (κ2) is 15.6. The highest BCUT2D eigenvalue weighted by molar-refractivity contribution is 6.11. The molecule has 0 aliphatic heterocycles. The largest absolute Gasteiger partial charge is 0.417 e. The molecule has 0 amide bonds. The number of rotatable bonds is 4. The standard InChI is InChI=1S/C55H27F3N8/c56-55(57,58)47-9-5-6-38(30-63)53(47)45-16-17-50(65-48-10-3-1-7-41(48)43-14-12-36(24-51(43)65)39-20-32(26-59)18-33(21-39)27-60)46(31-64)54(45)66-49-11-4-2-8-42(49)44-15-13-37(25-52(44)66)40-22-34(28-61)19-35(23-40)29-62/h1-6,8-20,22-25H,7,21H2. The van der Waals surface area contributed by atoms with Crippen molar-refractivity contribution in [2.75, 3.05) is 0 Å². The highest BCUT2D eigenvalue weighted by atomic mass is 19.4. The molecule has 2 aromatic heterocycles. The van der Waals surface area contributed by atoms with Crippen molar-refractivity contribution in [3.05, 3.63) is 189 Å². The first-order valence-electron chi connectivity index (χ1n) is 20.5. The first kappa shape index (κ1) is 40.4. The van der Waals surface area contributed by atoms with Crippen molar-refractivity contribution in [3.63, 3.8) is 0 Å². The van der Waals surface area contributed by atoms with Crippen molar-refractivity contribution in [3.8, 4) is 70.0 Å². The first-order chi connectivity index (χ1) is 32.1. The van der Waals surface area contributed by atoms with Gasteiger partial charge in [-0.05, 0) is 107 Å². The molecule has 0 radical (unpaired) electrons. The topological polar surface area (TPSA) is 153 Å². The van der Waals surface area contributed by atoms with Crippen LogP contribution in [-0.4, -0.2) is 9.13 Å². The van der Waals surface area contributed by atoms with Gasteiger partial charge in [0.1, 0.15) is 11.6 Å². The van der Waals surface area contributed by atoms with Gasteiger partial charge in [0.15, 0.2) is 0 Å². The van der Waals surface area contributed by atoms with Crippen LogP contribution in [0.3, 0.4) is 0 Å². The molecule has 0 saturated heterocycles. The molecule has 0 saturated carbocycles. The van der Waals surface area contributed by atoms with Gasteiger partial charge in [0, 0.05) is 39.3 Å². The third-order valence-corrected chi connectivity index (χ3v) is 12.2. The molecule has 10 rings (SSSR count). The number of fused-ring (bicyclic) bond motifs is 6. The Kier molecular flexibility index (Phi) is 9.56. The van der Waals surface area contributed by atoms with E-state index in [-0.39, 0.29) is 45.5 Å². The summed E-state index contributed by atoms with van der Waals surface area (Å²) in [6.07, 6.45) is 5.11. The van der Waals surface area contributed by atoms with Crippen LogP contribution in [0.25, 0.3) is 78.0 Å². The number of aromatic nitrogens is 2. The molecule has 6 aromatic carbocycles. The van der Waals surface area contributed by atoms with Crippen molar-refractivity contribution < 1.29 is 13.2 Å². The molecule has 2 heterocycles. The van der Waals surface area contributed by atoms with Crippen LogP contribution >= 0.6 is 0 Å². The number of alkyl halides is 3. The predicted octanol–water partition coefficient (Wildman–Crippen LogP) is 10.9. The Morgan fingerprint density at radius 1 is 0.591 bits per heavy atom. The highest BCUT2D eigenvalue weighted by Crippen LogP contribution is 2.46. The SMILES string of the molecule is N#CC1=CC(=c2ccc3c4c(n(-c5ccc(-c6c(C#N)cccc6C(F)(F)F)c(-n6c7ccccc7c7ccc(-c8cc(C#N)cc(C#N)c8)cc76)c5C#N)c3c2)=CC=CC4)CC(C#N)=C1. The number of allylic oxidation sites excluding steroid dienone is 6. The van der Waals surface area contributed by atoms with Gasteiger partial charge in [0.25, 0.3) is 0 Å². The lowest BCUT2D eigenvalue weighted by Gasteiger charge is -2.22. The fourth-order valence-electron chi connectivity index (χ4n) is 9.41. The Labute approximate surface area is 374 Å². The van der Waals surface area contributed by atoms with Gasteiger partial charge in [0.05, 0.1) is 91.4 Å². The second-order valence-electron chi connectivity index (χ2n) is 15.8. The normalized spacial score (nSPS) is 13.9. The molecular formula is C55H27F3N8. The van der Waals surface area contributed by atoms with Gasteiger partial charge < -0.3 is 9.13 Å². The summed E-state index contributed by atoms with van der Waals surface area (Å²) in [6.45, 7) is 0. The lowest BCUT2D eigenvalue weighted by atomic mass is 9.90. The van der Waals surface area contributed by atoms with Crippen molar-refractivity contribution in [2.45, 2.75) is 19.0 Å². The molecule has 2 aliphatic carbocycles. The van der Waals surface area contributed by atoms with Crippen LogP contribution in [0.1, 0.15) is 39.8 Å². The third-order valence-electron chi connectivity index (χ3n) is 12.2. The van der Waals surface area contributed by atoms with Gasteiger partial charge >= 0.3 is 6.18 Å². The van der Waals surface area contributed by atoms with E-state index < -0.39 is 11.7 Å². The average Bonchev–Trinajstić information content (AvgIpc) is 3.86. The number of nitriles is 6. The lowest BCUT2D eigenvalue weighted by Crippen LogP contribution is -2.21. The summed E-state index contributed by atoms with van der Waals surface area (Å²) in [5.41, 5.74) is 4.70.